The fraction of sp³-hybridized carbons (Fsp3) is 0.500. The Morgan fingerprint density at radius 1 is 1.47 bits per heavy atom. The topological polar surface area (TPSA) is 81.4 Å². The van der Waals surface area contributed by atoms with Crippen LogP contribution in [0.2, 0.25) is 0 Å². The molecule has 0 aliphatic carbocycles. The van der Waals surface area contributed by atoms with Crippen molar-refractivity contribution in [3.8, 4) is 0 Å². The number of halogens is 1. The van der Waals surface area contributed by atoms with Gasteiger partial charge < -0.3 is 10.5 Å². The van der Waals surface area contributed by atoms with Crippen LogP contribution in [0, 0.1) is 6.92 Å². The van der Waals surface area contributed by atoms with Gasteiger partial charge in [-0.1, -0.05) is 15.9 Å². The molecule has 0 saturated heterocycles. The van der Waals surface area contributed by atoms with Gasteiger partial charge in [-0.15, -0.1) is 0 Å². The number of rotatable bonds is 6. The number of nitrogens with two attached hydrogens (primary N) is 1. The molecule has 1 aromatic rings. The largest absolute Gasteiger partial charge is 0.398 e. The molecule has 0 heterocycles. The van der Waals surface area contributed by atoms with E-state index in [1.807, 2.05) is 6.92 Å². The molecule has 0 fully saturated rings. The van der Waals surface area contributed by atoms with E-state index in [0.29, 0.717) is 28.9 Å². The summed E-state index contributed by atoms with van der Waals surface area (Å²) in [6.07, 6.45) is 0. The van der Waals surface area contributed by atoms with Gasteiger partial charge in [-0.3, -0.25) is 0 Å². The molecule has 7 heteroatoms. The Morgan fingerprint density at radius 2 is 2.11 bits per heavy atom. The molecular weight excluding hydrogens is 332 g/mol. The fourth-order valence-corrected chi connectivity index (χ4v) is 3.77. The number of sulfonamides is 1. The summed E-state index contributed by atoms with van der Waals surface area (Å²) in [5.74, 6) is 0. The van der Waals surface area contributed by atoms with Crippen molar-refractivity contribution in [3.63, 3.8) is 0 Å². The van der Waals surface area contributed by atoms with E-state index in [1.54, 1.807) is 26.0 Å². The molecule has 0 bridgehead atoms. The first-order valence-electron chi connectivity index (χ1n) is 5.93. The van der Waals surface area contributed by atoms with Crippen LogP contribution in [0.4, 0.5) is 5.69 Å². The zero-order valence-corrected chi connectivity index (χ0v) is 13.6. The van der Waals surface area contributed by atoms with Crippen molar-refractivity contribution in [2.75, 3.05) is 18.9 Å². The van der Waals surface area contributed by atoms with E-state index in [9.17, 15) is 8.42 Å². The monoisotopic (exact) mass is 350 g/mol. The second-order valence-corrected chi connectivity index (χ2v) is 6.90. The van der Waals surface area contributed by atoms with Crippen molar-refractivity contribution in [3.05, 3.63) is 22.2 Å². The Morgan fingerprint density at radius 3 is 2.68 bits per heavy atom. The Bertz CT molecular complexity index is 546. The van der Waals surface area contributed by atoms with Crippen molar-refractivity contribution in [2.45, 2.75) is 31.7 Å². The van der Waals surface area contributed by atoms with Gasteiger partial charge in [0.05, 0.1) is 11.5 Å². The summed E-state index contributed by atoms with van der Waals surface area (Å²) in [6, 6.07) is 2.92. The van der Waals surface area contributed by atoms with Crippen LogP contribution < -0.4 is 10.5 Å². The van der Waals surface area contributed by atoms with E-state index in [0.717, 1.165) is 0 Å². The highest BCUT2D eigenvalue weighted by atomic mass is 79.9. The maximum absolute atomic E-state index is 12.3. The Balaban J connectivity index is 3.01. The third-order valence-electron chi connectivity index (χ3n) is 2.58. The van der Waals surface area contributed by atoms with E-state index in [-0.39, 0.29) is 10.9 Å². The number of ether oxygens (including phenoxy) is 1. The first kappa shape index (κ1) is 16.4. The maximum atomic E-state index is 12.3. The normalized spacial score (nSPS) is 13.5. The van der Waals surface area contributed by atoms with Gasteiger partial charge in [-0.2, -0.15) is 0 Å². The quantitative estimate of drug-likeness (QED) is 0.769. The third kappa shape index (κ3) is 4.45. The first-order chi connectivity index (χ1) is 8.77. The molecule has 1 aromatic carbocycles. The molecule has 0 amide bonds. The van der Waals surface area contributed by atoms with Crippen LogP contribution in [-0.4, -0.2) is 27.7 Å². The number of nitrogens with one attached hydrogen (secondary N) is 1. The van der Waals surface area contributed by atoms with Crippen molar-refractivity contribution >= 4 is 31.6 Å². The Hall–Kier alpha value is -0.630. The summed E-state index contributed by atoms with van der Waals surface area (Å²) in [5, 5.41) is 0. The molecule has 0 saturated carbocycles. The van der Waals surface area contributed by atoms with Crippen molar-refractivity contribution in [1.82, 2.24) is 4.72 Å². The number of anilines is 1. The van der Waals surface area contributed by atoms with Gasteiger partial charge in [0.25, 0.3) is 0 Å². The minimum Gasteiger partial charge on any atom is -0.398 e. The number of nitrogen functional groups attached to an aromatic ring is 1. The molecule has 0 spiro atoms. The summed E-state index contributed by atoms with van der Waals surface area (Å²) < 4.78 is 33.0. The third-order valence-corrected chi connectivity index (χ3v) is 4.76. The fourth-order valence-electron chi connectivity index (χ4n) is 1.61. The molecule has 3 N–H and O–H groups in total. The van der Waals surface area contributed by atoms with Crippen LogP contribution >= 0.6 is 15.9 Å². The molecule has 5 nitrogen and oxygen atoms in total. The number of hydrogen-bond donors (Lipinski definition) is 2. The predicted octanol–water partition coefficient (Wildman–Crippen LogP) is 2.04. The highest BCUT2D eigenvalue weighted by molar-refractivity contribution is 9.10. The second kappa shape index (κ2) is 6.69. The van der Waals surface area contributed by atoms with Crippen LogP contribution in [-0.2, 0) is 14.8 Å². The minimum atomic E-state index is -3.61. The van der Waals surface area contributed by atoms with Gasteiger partial charge in [0.1, 0.15) is 0 Å². The molecule has 0 aromatic heterocycles. The van der Waals surface area contributed by atoms with Gasteiger partial charge in [-0.05, 0) is 38.5 Å². The van der Waals surface area contributed by atoms with Crippen LogP contribution in [0.5, 0.6) is 0 Å². The average Bonchev–Trinajstić information content (AvgIpc) is 2.30. The van der Waals surface area contributed by atoms with Gasteiger partial charge in [0, 0.05) is 22.8 Å². The number of benzene rings is 1. The predicted molar refractivity (Wildman–Crippen MR) is 79.6 cm³/mol. The summed E-state index contributed by atoms with van der Waals surface area (Å²) in [6.45, 7) is 6.18. The molecule has 0 aliphatic rings. The lowest BCUT2D eigenvalue weighted by Gasteiger charge is -2.16. The van der Waals surface area contributed by atoms with Gasteiger partial charge in [0.2, 0.25) is 10.0 Å². The summed E-state index contributed by atoms with van der Waals surface area (Å²) >= 11 is 3.25. The Kier molecular flexibility index (Phi) is 5.79. The van der Waals surface area contributed by atoms with E-state index in [4.69, 9.17) is 10.5 Å². The SMILES string of the molecule is CCOCC(C)NS(=O)(=O)c1cc(Br)cc(N)c1C. The van der Waals surface area contributed by atoms with E-state index in [2.05, 4.69) is 20.7 Å². The van der Waals surface area contributed by atoms with Crippen LogP contribution in [0.15, 0.2) is 21.5 Å². The highest BCUT2D eigenvalue weighted by Gasteiger charge is 2.21. The van der Waals surface area contributed by atoms with Crippen molar-refractivity contribution in [1.29, 1.82) is 0 Å². The Labute approximate surface area is 122 Å². The zero-order valence-electron chi connectivity index (χ0n) is 11.2. The molecular formula is C12H19BrN2O3S. The zero-order chi connectivity index (χ0) is 14.6. The molecule has 1 atom stereocenters. The molecule has 19 heavy (non-hydrogen) atoms. The van der Waals surface area contributed by atoms with Gasteiger partial charge >= 0.3 is 0 Å². The van der Waals surface area contributed by atoms with Crippen molar-refractivity contribution in [2.24, 2.45) is 0 Å². The standard InChI is InChI=1S/C12H19BrN2O3S/c1-4-18-7-8(2)15-19(16,17)12-6-10(13)5-11(14)9(12)3/h5-6,8,15H,4,7,14H2,1-3H3. The summed E-state index contributed by atoms with van der Waals surface area (Å²) in [7, 11) is -3.61. The van der Waals surface area contributed by atoms with Gasteiger partial charge in [-0.25, -0.2) is 13.1 Å². The lowest BCUT2D eigenvalue weighted by Crippen LogP contribution is -2.36. The van der Waals surface area contributed by atoms with Gasteiger partial charge in [0.15, 0.2) is 0 Å². The molecule has 1 rings (SSSR count). The van der Waals surface area contributed by atoms with E-state index < -0.39 is 10.0 Å². The first-order valence-corrected chi connectivity index (χ1v) is 8.21. The molecule has 108 valence electrons. The summed E-state index contributed by atoms with van der Waals surface area (Å²) in [4.78, 5) is 0.183. The average molecular weight is 351 g/mol. The lowest BCUT2D eigenvalue weighted by molar-refractivity contribution is 0.133. The molecule has 1 unspecified atom stereocenters. The van der Waals surface area contributed by atoms with Crippen LogP contribution in [0.1, 0.15) is 19.4 Å². The maximum Gasteiger partial charge on any atom is 0.241 e. The molecule has 0 aliphatic heterocycles. The van der Waals surface area contributed by atoms with Crippen LogP contribution in [0.3, 0.4) is 0 Å². The minimum absolute atomic E-state index is 0.183. The summed E-state index contributed by atoms with van der Waals surface area (Å²) in [5.41, 5.74) is 6.76. The number of hydrogen-bond acceptors (Lipinski definition) is 4. The van der Waals surface area contributed by atoms with E-state index >= 15 is 0 Å². The smallest absolute Gasteiger partial charge is 0.241 e. The highest BCUT2D eigenvalue weighted by Crippen LogP contribution is 2.26. The van der Waals surface area contributed by atoms with Crippen molar-refractivity contribution < 1.29 is 13.2 Å². The van der Waals surface area contributed by atoms with E-state index in [1.165, 1.54) is 0 Å². The molecule has 0 radical (unpaired) electrons. The van der Waals surface area contributed by atoms with Crippen LogP contribution in [0.25, 0.3) is 0 Å². The lowest BCUT2D eigenvalue weighted by atomic mass is 10.2. The second-order valence-electron chi connectivity index (χ2n) is 4.30.